The largest absolute Gasteiger partial charge is 0.328 e. The molecule has 0 atom stereocenters. The lowest BCUT2D eigenvalue weighted by Crippen LogP contribution is -2.39. The van der Waals surface area contributed by atoms with Crippen molar-refractivity contribution in [2.24, 2.45) is 5.73 Å². The first-order valence-corrected chi connectivity index (χ1v) is 6.44. The third-order valence-electron chi connectivity index (χ3n) is 3.39. The Kier molecular flexibility index (Phi) is 4.07. The average Bonchev–Trinajstić information content (AvgIpc) is 2.33. The Bertz CT molecular complexity index is 339. The van der Waals surface area contributed by atoms with E-state index in [0.717, 1.165) is 38.3 Å². The summed E-state index contributed by atoms with van der Waals surface area (Å²) in [5, 5.41) is 0. The molecule has 1 aliphatic heterocycles. The van der Waals surface area contributed by atoms with E-state index in [4.69, 9.17) is 5.73 Å². The molecule has 0 amide bonds. The molecule has 0 bridgehead atoms. The summed E-state index contributed by atoms with van der Waals surface area (Å²) in [6, 6.07) is 0.385. The molecule has 1 aromatic heterocycles. The van der Waals surface area contributed by atoms with Crippen molar-refractivity contribution >= 4 is 0 Å². The second-order valence-corrected chi connectivity index (χ2v) is 5.20. The summed E-state index contributed by atoms with van der Waals surface area (Å²) in [5.74, 6) is 1.42. The van der Waals surface area contributed by atoms with Crippen LogP contribution in [0.3, 0.4) is 0 Å². The van der Waals surface area contributed by atoms with Gasteiger partial charge in [-0.3, -0.25) is 4.90 Å². The van der Waals surface area contributed by atoms with Crippen molar-refractivity contribution in [3.8, 4) is 0 Å². The Morgan fingerprint density at radius 3 is 2.41 bits per heavy atom. The fourth-order valence-electron chi connectivity index (χ4n) is 2.06. The molecule has 0 saturated carbocycles. The van der Waals surface area contributed by atoms with Gasteiger partial charge in [-0.15, -0.1) is 0 Å². The summed E-state index contributed by atoms with van der Waals surface area (Å²) in [6.45, 7) is 7.30. The normalized spacial score (nSPS) is 18.8. The highest BCUT2D eigenvalue weighted by molar-refractivity contribution is 5.09. The van der Waals surface area contributed by atoms with Crippen LogP contribution >= 0.6 is 0 Å². The van der Waals surface area contributed by atoms with E-state index in [1.807, 2.05) is 12.4 Å². The minimum Gasteiger partial charge on any atom is -0.328 e. The molecule has 1 aliphatic rings. The summed E-state index contributed by atoms with van der Waals surface area (Å²) in [6.07, 6.45) is 6.07. The Morgan fingerprint density at radius 1 is 1.29 bits per heavy atom. The summed E-state index contributed by atoms with van der Waals surface area (Å²) >= 11 is 0. The molecule has 0 unspecified atom stereocenters. The fourth-order valence-corrected chi connectivity index (χ4v) is 2.06. The number of nitrogens with two attached hydrogens (primary N) is 1. The van der Waals surface area contributed by atoms with Gasteiger partial charge in [-0.1, -0.05) is 13.8 Å². The zero-order valence-electron chi connectivity index (χ0n) is 10.8. The smallest absolute Gasteiger partial charge is 0.142 e. The molecule has 0 radical (unpaired) electrons. The van der Waals surface area contributed by atoms with Crippen LogP contribution in [0.25, 0.3) is 0 Å². The highest BCUT2D eigenvalue weighted by atomic mass is 15.2. The zero-order valence-corrected chi connectivity index (χ0v) is 10.8. The SMILES string of the molecule is CC(C)c1cnc(CN2CCC(N)CC2)nc1. The van der Waals surface area contributed by atoms with Crippen LogP contribution in [0.5, 0.6) is 0 Å². The molecule has 2 heterocycles. The van der Waals surface area contributed by atoms with E-state index in [2.05, 4.69) is 28.7 Å². The van der Waals surface area contributed by atoms with Crippen LogP contribution in [0, 0.1) is 0 Å². The first kappa shape index (κ1) is 12.5. The Labute approximate surface area is 103 Å². The molecule has 2 N–H and O–H groups in total. The minimum atomic E-state index is 0.385. The number of aromatic nitrogens is 2. The van der Waals surface area contributed by atoms with Crippen molar-refractivity contribution in [2.75, 3.05) is 13.1 Å². The number of hydrogen-bond acceptors (Lipinski definition) is 4. The van der Waals surface area contributed by atoms with Crippen LogP contribution in [0.15, 0.2) is 12.4 Å². The van der Waals surface area contributed by atoms with Gasteiger partial charge in [-0.25, -0.2) is 9.97 Å². The van der Waals surface area contributed by atoms with Gasteiger partial charge in [0.05, 0.1) is 6.54 Å². The number of likely N-dealkylation sites (tertiary alicyclic amines) is 1. The van der Waals surface area contributed by atoms with Gasteiger partial charge in [0, 0.05) is 31.5 Å². The van der Waals surface area contributed by atoms with Crippen LogP contribution in [-0.4, -0.2) is 34.0 Å². The number of piperidine rings is 1. The topological polar surface area (TPSA) is 55.0 Å². The number of rotatable bonds is 3. The van der Waals surface area contributed by atoms with Crippen LogP contribution in [0.4, 0.5) is 0 Å². The van der Waals surface area contributed by atoms with Gasteiger partial charge < -0.3 is 5.73 Å². The maximum Gasteiger partial charge on any atom is 0.142 e. The maximum atomic E-state index is 5.89. The summed E-state index contributed by atoms with van der Waals surface area (Å²) in [4.78, 5) is 11.2. The Morgan fingerprint density at radius 2 is 1.88 bits per heavy atom. The van der Waals surface area contributed by atoms with Gasteiger partial charge in [0.25, 0.3) is 0 Å². The number of hydrogen-bond donors (Lipinski definition) is 1. The predicted molar refractivity (Wildman–Crippen MR) is 68.6 cm³/mol. The predicted octanol–water partition coefficient (Wildman–Crippen LogP) is 1.52. The van der Waals surface area contributed by atoms with Crippen LogP contribution < -0.4 is 5.73 Å². The van der Waals surface area contributed by atoms with Gasteiger partial charge in [-0.2, -0.15) is 0 Å². The lowest BCUT2D eigenvalue weighted by molar-refractivity contribution is 0.201. The van der Waals surface area contributed by atoms with Gasteiger partial charge in [0.2, 0.25) is 0 Å². The molecule has 0 aliphatic carbocycles. The van der Waals surface area contributed by atoms with E-state index < -0.39 is 0 Å². The number of nitrogens with zero attached hydrogens (tertiary/aromatic N) is 3. The molecule has 1 saturated heterocycles. The molecule has 0 spiro atoms. The van der Waals surface area contributed by atoms with Crippen molar-refractivity contribution < 1.29 is 0 Å². The average molecular weight is 234 g/mol. The minimum absolute atomic E-state index is 0.385. The summed E-state index contributed by atoms with van der Waals surface area (Å²) in [7, 11) is 0. The van der Waals surface area contributed by atoms with Gasteiger partial charge in [-0.05, 0) is 24.3 Å². The quantitative estimate of drug-likeness (QED) is 0.861. The van der Waals surface area contributed by atoms with Crippen molar-refractivity contribution in [1.29, 1.82) is 0 Å². The van der Waals surface area contributed by atoms with Crippen LogP contribution in [0.2, 0.25) is 0 Å². The monoisotopic (exact) mass is 234 g/mol. The molecule has 4 heteroatoms. The summed E-state index contributed by atoms with van der Waals surface area (Å²) < 4.78 is 0. The van der Waals surface area contributed by atoms with E-state index in [1.54, 1.807) is 0 Å². The second kappa shape index (κ2) is 5.56. The van der Waals surface area contributed by atoms with E-state index in [9.17, 15) is 0 Å². The van der Waals surface area contributed by atoms with E-state index >= 15 is 0 Å². The first-order valence-electron chi connectivity index (χ1n) is 6.44. The molecule has 1 fully saturated rings. The zero-order chi connectivity index (χ0) is 12.3. The second-order valence-electron chi connectivity index (χ2n) is 5.20. The lowest BCUT2D eigenvalue weighted by Gasteiger charge is -2.29. The molecular weight excluding hydrogens is 212 g/mol. The van der Waals surface area contributed by atoms with Crippen molar-refractivity contribution in [3.05, 3.63) is 23.8 Å². The first-order chi connectivity index (χ1) is 8.15. The summed E-state index contributed by atoms with van der Waals surface area (Å²) in [5.41, 5.74) is 7.09. The Balaban J connectivity index is 1.90. The van der Waals surface area contributed by atoms with Gasteiger partial charge >= 0.3 is 0 Å². The third kappa shape index (κ3) is 3.48. The molecule has 94 valence electrons. The lowest BCUT2D eigenvalue weighted by atomic mass is 10.1. The molecular formula is C13H22N4. The Hall–Kier alpha value is -1.00. The molecule has 17 heavy (non-hydrogen) atoms. The standard InChI is InChI=1S/C13H22N4/c1-10(2)11-7-15-13(16-8-11)9-17-5-3-12(14)4-6-17/h7-8,10,12H,3-6,9,14H2,1-2H3. The van der Waals surface area contributed by atoms with Crippen molar-refractivity contribution in [2.45, 2.75) is 45.2 Å². The molecule has 2 rings (SSSR count). The highest BCUT2D eigenvalue weighted by Crippen LogP contribution is 2.13. The third-order valence-corrected chi connectivity index (χ3v) is 3.39. The van der Waals surface area contributed by atoms with E-state index in [0.29, 0.717) is 12.0 Å². The fraction of sp³-hybridized carbons (Fsp3) is 0.692. The highest BCUT2D eigenvalue weighted by Gasteiger charge is 2.16. The van der Waals surface area contributed by atoms with Gasteiger partial charge in [0.15, 0.2) is 0 Å². The van der Waals surface area contributed by atoms with Crippen LogP contribution in [0.1, 0.15) is 44.0 Å². The van der Waals surface area contributed by atoms with E-state index in [1.165, 1.54) is 5.56 Å². The molecule has 0 aromatic carbocycles. The molecule has 1 aromatic rings. The maximum absolute atomic E-state index is 5.89. The van der Waals surface area contributed by atoms with E-state index in [-0.39, 0.29) is 0 Å². The van der Waals surface area contributed by atoms with Crippen molar-refractivity contribution in [3.63, 3.8) is 0 Å². The van der Waals surface area contributed by atoms with Crippen LogP contribution in [-0.2, 0) is 6.54 Å². The van der Waals surface area contributed by atoms with Gasteiger partial charge in [0.1, 0.15) is 5.82 Å². The van der Waals surface area contributed by atoms with Crippen molar-refractivity contribution in [1.82, 2.24) is 14.9 Å². The molecule has 4 nitrogen and oxygen atoms in total.